The first-order chi connectivity index (χ1) is 5.65. The molecule has 0 aromatic carbocycles. The van der Waals surface area contributed by atoms with E-state index in [9.17, 15) is 13.6 Å². The van der Waals surface area contributed by atoms with E-state index in [4.69, 9.17) is 11.6 Å². The Morgan fingerprint density at radius 1 is 1.58 bits per heavy atom. The van der Waals surface area contributed by atoms with Crippen LogP contribution in [-0.2, 0) is 0 Å². The van der Waals surface area contributed by atoms with E-state index in [0.29, 0.717) is 6.29 Å². The summed E-state index contributed by atoms with van der Waals surface area (Å²) in [6.45, 7) is 0. The van der Waals surface area contributed by atoms with Gasteiger partial charge >= 0.3 is 0 Å². The zero-order valence-electron chi connectivity index (χ0n) is 5.80. The summed E-state index contributed by atoms with van der Waals surface area (Å²) in [6.07, 6.45) is -1.32. The predicted octanol–water partition coefficient (Wildman–Crippen LogP) is 2.49. The predicted molar refractivity (Wildman–Crippen MR) is 39.6 cm³/mol. The molecule has 64 valence electrons. The molecular weight excluding hydrogens is 188 g/mol. The molecule has 0 saturated carbocycles. The summed E-state index contributed by atoms with van der Waals surface area (Å²) in [6, 6.07) is 1.11. The Morgan fingerprint density at radius 2 is 2.25 bits per heavy atom. The van der Waals surface area contributed by atoms with Crippen molar-refractivity contribution in [2.24, 2.45) is 0 Å². The normalized spacial score (nSPS) is 10.3. The van der Waals surface area contributed by atoms with Crippen molar-refractivity contribution < 1.29 is 13.6 Å². The smallest absolute Gasteiger partial charge is 0.266 e. The molecule has 5 heteroatoms. The van der Waals surface area contributed by atoms with E-state index in [0.717, 1.165) is 12.3 Å². The molecule has 1 aromatic rings. The fourth-order valence-corrected chi connectivity index (χ4v) is 0.924. The highest BCUT2D eigenvalue weighted by molar-refractivity contribution is 6.31. The molecule has 12 heavy (non-hydrogen) atoms. The highest BCUT2D eigenvalue weighted by Crippen LogP contribution is 2.25. The molecule has 0 saturated heterocycles. The first kappa shape index (κ1) is 9.06. The molecule has 2 nitrogen and oxygen atoms in total. The van der Waals surface area contributed by atoms with Gasteiger partial charge in [-0.3, -0.25) is 9.78 Å². The van der Waals surface area contributed by atoms with Gasteiger partial charge in [-0.25, -0.2) is 8.78 Å². The lowest BCUT2D eigenvalue weighted by Crippen LogP contribution is -1.92. The SMILES string of the molecule is O=Cc1cc(Cl)c(C(F)F)cn1. The van der Waals surface area contributed by atoms with Gasteiger partial charge in [0.1, 0.15) is 5.69 Å². The lowest BCUT2D eigenvalue weighted by molar-refractivity contribution is 0.111. The number of hydrogen-bond acceptors (Lipinski definition) is 2. The van der Waals surface area contributed by atoms with Gasteiger partial charge in [0.15, 0.2) is 6.29 Å². The van der Waals surface area contributed by atoms with E-state index in [1.165, 1.54) is 0 Å². The Hall–Kier alpha value is -1.03. The summed E-state index contributed by atoms with van der Waals surface area (Å²) in [7, 11) is 0. The zero-order valence-corrected chi connectivity index (χ0v) is 6.55. The van der Waals surface area contributed by atoms with Crippen LogP contribution < -0.4 is 0 Å². The van der Waals surface area contributed by atoms with Crippen molar-refractivity contribution in [3.05, 3.63) is 28.5 Å². The van der Waals surface area contributed by atoms with Crippen LogP contribution in [0.4, 0.5) is 8.78 Å². The third-order valence-electron chi connectivity index (χ3n) is 1.26. The number of aromatic nitrogens is 1. The Balaban J connectivity index is 3.11. The molecular formula is C7H4ClF2NO. The third-order valence-corrected chi connectivity index (χ3v) is 1.59. The van der Waals surface area contributed by atoms with E-state index in [-0.39, 0.29) is 16.3 Å². The Bertz CT molecular complexity index is 303. The lowest BCUT2D eigenvalue weighted by Gasteiger charge is -2.01. The van der Waals surface area contributed by atoms with Gasteiger partial charge in [-0.05, 0) is 6.07 Å². The maximum absolute atomic E-state index is 12.1. The zero-order chi connectivity index (χ0) is 9.14. The van der Waals surface area contributed by atoms with Crippen molar-refractivity contribution in [3.63, 3.8) is 0 Å². The van der Waals surface area contributed by atoms with Crippen molar-refractivity contribution >= 4 is 17.9 Å². The second-order valence-corrected chi connectivity index (χ2v) is 2.46. The number of rotatable bonds is 2. The third kappa shape index (κ3) is 1.76. The molecule has 0 atom stereocenters. The first-order valence-corrected chi connectivity index (χ1v) is 3.41. The van der Waals surface area contributed by atoms with Gasteiger partial charge in [-0.2, -0.15) is 0 Å². The van der Waals surface area contributed by atoms with Crippen LogP contribution >= 0.6 is 11.6 Å². The highest BCUT2D eigenvalue weighted by Gasteiger charge is 2.12. The maximum atomic E-state index is 12.1. The number of hydrogen-bond donors (Lipinski definition) is 0. The number of aldehydes is 1. The number of pyridine rings is 1. The Labute approximate surface area is 72.2 Å². The molecule has 0 spiro atoms. The van der Waals surface area contributed by atoms with Crippen LogP contribution in [-0.4, -0.2) is 11.3 Å². The molecule has 0 aliphatic rings. The molecule has 1 rings (SSSR count). The minimum atomic E-state index is -2.66. The molecule has 0 aliphatic carbocycles. The molecule has 0 bridgehead atoms. The fraction of sp³-hybridized carbons (Fsp3) is 0.143. The Kier molecular flexibility index (Phi) is 2.70. The van der Waals surface area contributed by atoms with E-state index in [1.807, 2.05) is 0 Å². The molecule has 1 aromatic heterocycles. The van der Waals surface area contributed by atoms with Gasteiger partial charge in [0.2, 0.25) is 0 Å². The summed E-state index contributed by atoms with van der Waals surface area (Å²) >= 11 is 5.42. The molecule has 0 amide bonds. The van der Waals surface area contributed by atoms with Crippen LogP contribution in [0.1, 0.15) is 22.5 Å². The minimum absolute atomic E-state index is 0.0457. The average molecular weight is 192 g/mol. The van der Waals surface area contributed by atoms with Gasteiger partial charge in [0.05, 0.1) is 10.6 Å². The summed E-state index contributed by atoms with van der Waals surface area (Å²) in [5.74, 6) is 0. The number of carbonyl (C=O) groups excluding carboxylic acids is 1. The second-order valence-electron chi connectivity index (χ2n) is 2.05. The van der Waals surface area contributed by atoms with Gasteiger partial charge in [0, 0.05) is 6.20 Å². The largest absolute Gasteiger partial charge is 0.296 e. The van der Waals surface area contributed by atoms with Gasteiger partial charge < -0.3 is 0 Å². The maximum Gasteiger partial charge on any atom is 0.266 e. The van der Waals surface area contributed by atoms with E-state index >= 15 is 0 Å². The summed E-state index contributed by atoms with van der Waals surface area (Å²) in [4.78, 5) is 13.6. The van der Waals surface area contributed by atoms with Crippen molar-refractivity contribution in [1.82, 2.24) is 4.98 Å². The van der Waals surface area contributed by atoms with Crippen LogP contribution in [0.3, 0.4) is 0 Å². The van der Waals surface area contributed by atoms with E-state index < -0.39 is 6.43 Å². The summed E-state index contributed by atoms with van der Waals surface area (Å²) < 4.78 is 24.1. The molecule has 0 unspecified atom stereocenters. The van der Waals surface area contributed by atoms with Crippen LogP contribution in [0, 0.1) is 0 Å². The van der Waals surface area contributed by atoms with Crippen molar-refractivity contribution in [1.29, 1.82) is 0 Å². The van der Waals surface area contributed by atoms with Crippen molar-refractivity contribution in [2.75, 3.05) is 0 Å². The number of nitrogens with zero attached hydrogens (tertiary/aromatic N) is 1. The quantitative estimate of drug-likeness (QED) is 0.673. The lowest BCUT2D eigenvalue weighted by atomic mass is 10.2. The van der Waals surface area contributed by atoms with Crippen LogP contribution in [0.15, 0.2) is 12.3 Å². The molecule has 0 N–H and O–H groups in total. The van der Waals surface area contributed by atoms with Crippen LogP contribution in [0.5, 0.6) is 0 Å². The topological polar surface area (TPSA) is 30.0 Å². The van der Waals surface area contributed by atoms with E-state index in [1.54, 1.807) is 0 Å². The molecule has 0 fully saturated rings. The molecule has 0 radical (unpaired) electrons. The van der Waals surface area contributed by atoms with Crippen molar-refractivity contribution in [3.8, 4) is 0 Å². The number of halogens is 3. The fourth-order valence-electron chi connectivity index (χ4n) is 0.681. The average Bonchev–Trinajstić information content (AvgIpc) is 2.03. The van der Waals surface area contributed by atoms with Gasteiger partial charge in [0.25, 0.3) is 6.43 Å². The minimum Gasteiger partial charge on any atom is -0.296 e. The number of alkyl halides is 2. The Morgan fingerprint density at radius 3 is 2.67 bits per heavy atom. The van der Waals surface area contributed by atoms with Gasteiger partial charge in [-0.1, -0.05) is 11.6 Å². The summed E-state index contributed by atoms with van der Waals surface area (Å²) in [5.41, 5.74) is -0.313. The standard InChI is InChI=1S/C7H4ClF2NO/c8-6-1-4(3-12)11-2-5(6)7(9)10/h1-3,7H. The summed E-state index contributed by atoms with van der Waals surface area (Å²) in [5, 5.41) is -0.137. The monoisotopic (exact) mass is 191 g/mol. The first-order valence-electron chi connectivity index (χ1n) is 3.04. The molecule has 1 heterocycles. The highest BCUT2D eigenvalue weighted by atomic mass is 35.5. The van der Waals surface area contributed by atoms with Crippen LogP contribution in [0.25, 0.3) is 0 Å². The van der Waals surface area contributed by atoms with Gasteiger partial charge in [-0.15, -0.1) is 0 Å². The van der Waals surface area contributed by atoms with Crippen molar-refractivity contribution in [2.45, 2.75) is 6.43 Å². The second kappa shape index (κ2) is 3.58. The number of carbonyl (C=O) groups is 1. The van der Waals surface area contributed by atoms with E-state index in [2.05, 4.69) is 4.98 Å². The van der Waals surface area contributed by atoms with Crippen LogP contribution in [0.2, 0.25) is 5.02 Å². The molecule has 0 aliphatic heterocycles.